The fourth-order valence-corrected chi connectivity index (χ4v) is 3.23. The van der Waals surface area contributed by atoms with Crippen LogP contribution in [0.5, 0.6) is 5.75 Å². The molecule has 21 heavy (non-hydrogen) atoms. The first-order valence-electron chi connectivity index (χ1n) is 7.89. The fourth-order valence-electron chi connectivity index (χ4n) is 3.23. The number of hydrogen-bond donors (Lipinski definition) is 2. The summed E-state index contributed by atoms with van der Waals surface area (Å²) in [7, 11) is 1.54. The van der Waals surface area contributed by atoms with Crippen LogP contribution in [-0.2, 0) is 0 Å². The highest BCUT2D eigenvalue weighted by Gasteiger charge is 2.23. The van der Waals surface area contributed by atoms with Gasteiger partial charge in [-0.3, -0.25) is 4.79 Å². The summed E-state index contributed by atoms with van der Waals surface area (Å²) >= 11 is 0. The van der Waals surface area contributed by atoms with E-state index < -0.39 is 0 Å². The van der Waals surface area contributed by atoms with Crippen LogP contribution in [0.3, 0.4) is 0 Å². The third-order valence-electron chi connectivity index (χ3n) is 4.37. The summed E-state index contributed by atoms with van der Waals surface area (Å²) in [6, 6.07) is 5.56. The van der Waals surface area contributed by atoms with Crippen LogP contribution in [-0.4, -0.2) is 19.1 Å². The molecule has 1 aromatic carbocycles. The lowest BCUT2D eigenvalue weighted by atomic mass is 9.83. The Kier molecular flexibility index (Phi) is 5.48. The first-order valence-corrected chi connectivity index (χ1v) is 7.89. The zero-order valence-electron chi connectivity index (χ0n) is 13.0. The highest BCUT2D eigenvalue weighted by molar-refractivity contribution is 5.98. The van der Waals surface area contributed by atoms with E-state index in [4.69, 9.17) is 10.5 Å². The molecule has 2 rings (SSSR count). The van der Waals surface area contributed by atoms with Crippen molar-refractivity contribution in [1.29, 1.82) is 0 Å². The van der Waals surface area contributed by atoms with E-state index in [2.05, 4.69) is 12.2 Å². The van der Waals surface area contributed by atoms with Gasteiger partial charge in [-0.25, -0.2) is 0 Å². The predicted molar refractivity (Wildman–Crippen MR) is 85.5 cm³/mol. The first kappa shape index (κ1) is 15.7. The van der Waals surface area contributed by atoms with Crippen LogP contribution in [0.15, 0.2) is 18.2 Å². The average molecular weight is 290 g/mol. The standard InChI is InChI=1S/C17H26N2O2/c1-3-5-12-8-10-13(11-9-12)19-17(20)14-6-4-7-15(18)16(14)21-2/h4,6-7,12-13H,3,5,8-11,18H2,1-2H3,(H,19,20). The Hall–Kier alpha value is -1.71. The van der Waals surface area contributed by atoms with Crippen LogP contribution < -0.4 is 15.8 Å². The van der Waals surface area contributed by atoms with Crippen molar-refractivity contribution < 1.29 is 9.53 Å². The summed E-state index contributed by atoms with van der Waals surface area (Å²) in [5.41, 5.74) is 6.87. The van der Waals surface area contributed by atoms with Crippen molar-refractivity contribution in [3.8, 4) is 5.75 Å². The van der Waals surface area contributed by atoms with E-state index in [0.29, 0.717) is 17.0 Å². The van der Waals surface area contributed by atoms with Crippen molar-refractivity contribution in [2.75, 3.05) is 12.8 Å². The van der Waals surface area contributed by atoms with E-state index in [1.54, 1.807) is 25.3 Å². The SMILES string of the molecule is CCCC1CCC(NC(=O)c2cccc(N)c2OC)CC1. The fraction of sp³-hybridized carbons (Fsp3) is 0.588. The second kappa shape index (κ2) is 7.34. The lowest BCUT2D eigenvalue weighted by Crippen LogP contribution is -2.37. The Labute approximate surface area is 127 Å². The molecular formula is C17H26N2O2. The number of rotatable bonds is 5. The molecule has 4 heteroatoms. The van der Waals surface area contributed by atoms with Gasteiger partial charge in [0.25, 0.3) is 5.91 Å². The number of carbonyl (C=O) groups is 1. The summed E-state index contributed by atoms with van der Waals surface area (Å²) in [6.45, 7) is 2.24. The minimum atomic E-state index is -0.0851. The highest BCUT2D eigenvalue weighted by Crippen LogP contribution is 2.29. The van der Waals surface area contributed by atoms with E-state index in [1.807, 2.05) is 0 Å². The molecular weight excluding hydrogens is 264 g/mol. The molecule has 4 nitrogen and oxygen atoms in total. The Morgan fingerprint density at radius 2 is 2.05 bits per heavy atom. The predicted octanol–water partition coefficient (Wildman–Crippen LogP) is 3.37. The van der Waals surface area contributed by atoms with Gasteiger partial charge >= 0.3 is 0 Å². The molecule has 0 aliphatic heterocycles. The summed E-state index contributed by atoms with van der Waals surface area (Å²) in [4.78, 5) is 12.4. The van der Waals surface area contributed by atoms with E-state index in [9.17, 15) is 4.79 Å². The van der Waals surface area contributed by atoms with Crippen molar-refractivity contribution in [1.82, 2.24) is 5.32 Å². The van der Waals surface area contributed by atoms with Crippen LogP contribution >= 0.6 is 0 Å². The summed E-state index contributed by atoms with van der Waals surface area (Å²) < 4.78 is 5.25. The molecule has 0 unspecified atom stereocenters. The zero-order chi connectivity index (χ0) is 15.2. The summed E-state index contributed by atoms with van der Waals surface area (Å²) in [6.07, 6.45) is 7.13. The van der Waals surface area contributed by atoms with E-state index in [-0.39, 0.29) is 11.9 Å². The number of amides is 1. The van der Waals surface area contributed by atoms with Gasteiger partial charge < -0.3 is 15.8 Å². The quantitative estimate of drug-likeness (QED) is 0.817. The van der Waals surface area contributed by atoms with Crippen molar-refractivity contribution >= 4 is 11.6 Å². The van der Waals surface area contributed by atoms with Crippen molar-refractivity contribution in [2.45, 2.75) is 51.5 Å². The highest BCUT2D eigenvalue weighted by atomic mass is 16.5. The van der Waals surface area contributed by atoms with Crippen molar-refractivity contribution in [2.24, 2.45) is 5.92 Å². The molecule has 1 amide bonds. The molecule has 1 fully saturated rings. The molecule has 1 aliphatic rings. The second-order valence-electron chi connectivity index (χ2n) is 5.91. The number of methoxy groups -OCH3 is 1. The molecule has 0 atom stereocenters. The average Bonchev–Trinajstić information content (AvgIpc) is 2.49. The van der Waals surface area contributed by atoms with Crippen molar-refractivity contribution in [3.05, 3.63) is 23.8 Å². The van der Waals surface area contributed by atoms with Gasteiger partial charge in [0.15, 0.2) is 5.75 Å². The van der Waals surface area contributed by atoms with Gasteiger partial charge in [-0.1, -0.05) is 25.8 Å². The summed E-state index contributed by atoms with van der Waals surface area (Å²) in [5, 5.41) is 3.13. The molecule has 0 radical (unpaired) electrons. The molecule has 116 valence electrons. The smallest absolute Gasteiger partial charge is 0.255 e. The van der Waals surface area contributed by atoms with Gasteiger partial charge in [0, 0.05) is 6.04 Å². The van der Waals surface area contributed by atoms with Gasteiger partial charge in [0.05, 0.1) is 18.4 Å². The van der Waals surface area contributed by atoms with E-state index in [0.717, 1.165) is 18.8 Å². The normalized spacial score (nSPS) is 21.8. The van der Waals surface area contributed by atoms with Gasteiger partial charge in [0.1, 0.15) is 0 Å². The lowest BCUT2D eigenvalue weighted by molar-refractivity contribution is 0.0918. The summed E-state index contributed by atoms with van der Waals surface area (Å²) in [5.74, 6) is 1.22. The van der Waals surface area contributed by atoms with Gasteiger partial charge in [0.2, 0.25) is 0 Å². The Morgan fingerprint density at radius 1 is 1.33 bits per heavy atom. The maximum atomic E-state index is 12.4. The minimum Gasteiger partial charge on any atom is -0.494 e. The molecule has 0 spiro atoms. The van der Waals surface area contributed by atoms with Crippen LogP contribution in [0.25, 0.3) is 0 Å². The lowest BCUT2D eigenvalue weighted by Gasteiger charge is -2.29. The number of nitrogen functional groups attached to an aromatic ring is 1. The van der Waals surface area contributed by atoms with E-state index >= 15 is 0 Å². The molecule has 1 saturated carbocycles. The zero-order valence-corrected chi connectivity index (χ0v) is 13.0. The van der Waals surface area contributed by atoms with Crippen molar-refractivity contribution in [3.63, 3.8) is 0 Å². The molecule has 0 saturated heterocycles. The third kappa shape index (κ3) is 3.90. The Morgan fingerprint density at radius 3 is 2.67 bits per heavy atom. The van der Waals surface area contributed by atoms with Crippen LogP contribution in [0, 0.1) is 5.92 Å². The molecule has 1 aromatic rings. The molecule has 1 aliphatic carbocycles. The Bertz CT molecular complexity index is 480. The van der Waals surface area contributed by atoms with Gasteiger partial charge in [-0.15, -0.1) is 0 Å². The number of anilines is 1. The number of nitrogens with one attached hydrogen (secondary N) is 1. The largest absolute Gasteiger partial charge is 0.494 e. The number of benzene rings is 1. The maximum absolute atomic E-state index is 12.4. The molecule has 0 aromatic heterocycles. The minimum absolute atomic E-state index is 0.0851. The third-order valence-corrected chi connectivity index (χ3v) is 4.37. The number of para-hydroxylation sites is 1. The Balaban J connectivity index is 1.95. The topological polar surface area (TPSA) is 64.4 Å². The van der Waals surface area contributed by atoms with Crippen LogP contribution in [0.1, 0.15) is 55.8 Å². The van der Waals surface area contributed by atoms with E-state index in [1.165, 1.54) is 25.7 Å². The second-order valence-corrected chi connectivity index (χ2v) is 5.91. The van der Waals surface area contributed by atoms with Crippen LogP contribution in [0.4, 0.5) is 5.69 Å². The van der Waals surface area contributed by atoms with Crippen LogP contribution in [0.2, 0.25) is 0 Å². The van der Waals surface area contributed by atoms with Gasteiger partial charge in [-0.2, -0.15) is 0 Å². The van der Waals surface area contributed by atoms with Gasteiger partial charge in [-0.05, 0) is 43.7 Å². The molecule has 3 N–H and O–H groups in total. The monoisotopic (exact) mass is 290 g/mol. The molecule has 0 heterocycles. The number of ether oxygens (including phenoxy) is 1. The molecule has 0 bridgehead atoms. The number of hydrogen-bond acceptors (Lipinski definition) is 3. The number of carbonyl (C=O) groups excluding carboxylic acids is 1. The number of nitrogens with two attached hydrogens (primary N) is 1. The first-order chi connectivity index (χ1) is 10.2. The maximum Gasteiger partial charge on any atom is 0.255 e.